The van der Waals surface area contributed by atoms with Gasteiger partial charge in [0.2, 0.25) is 21.8 Å². The molecule has 31 heavy (non-hydrogen) atoms. The second-order valence-electron chi connectivity index (χ2n) is 8.89. The Balaban J connectivity index is 1.37. The minimum absolute atomic E-state index is 0.114. The van der Waals surface area contributed by atoms with Crippen molar-refractivity contribution >= 4 is 21.8 Å². The third-order valence-corrected chi connectivity index (χ3v) is 8.93. The highest BCUT2D eigenvalue weighted by molar-refractivity contribution is 7.89. The van der Waals surface area contributed by atoms with Crippen LogP contribution in [0.15, 0.2) is 53.4 Å². The Morgan fingerprint density at radius 1 is 0.742 bits per heavy atom. The Morgan fingerprint density at radius 3 is 1.74 bits per heavy atom. The monoisotopic (exact) mass is 438 g/mol. The maximum absolute atomic E-state index is 13.5. The van der Waals surface area contributed by atoms with Crippen molar-refractivity contribution in [1.29, 1.82) is 0 Å². The molecule has 0 aliphatic carbocycles. The van der Waals surface area contributed by atoms with Crippen molar-refractivity contribution in [2.75, 3.05) is 0 Å². The summed E-state index contributed by atoms with van der Waals surface area (Å²) in [4.78, 5) is 26.0. The highest BCUT2D eigenvalue weighted by Gasteiger charge is 2.50. The number of likely N-dealkylation sites (tertiary alicyclic amines) is 1. The van der Waals surface area contributed by atoms with E-state index < -0.39 is 10.0 Å². The molecule has 162 valence electrons. The van der Waals surface area contributed by atoms with E-state index in [0.717, 1.165) is 24.0 Å². The smallest absolute Gasteiger partial charge is 0.243 e. The Bertz CT molecular complexity index is 1100. The van der Waals surface area contributed by atoms with E-state index >= 15 is 0 Å². The van der Waals surface area contributed by atoms with Gasteiger partial charge in [-0.3, -0.25) is 14.5 Å². The minimum atomic E-state index is -3.63. The van der Waals surface area contributed by atoms with Crippen LogP contribution in [-0.4, -0.2) is 47.6 Å². The van der Waals surface area contributed by atoms with E-state index in [-0.39, 0.29) is 42.8 Å². The Morgan fingerprint density at radius 2 is 1.23 bits per heavy atom. The molecule has 2 amide bonds. The van der Waals surface area contributed by atoms with Crippen molar-refractivity contribution in [1.82, 2.24) is 9.21 Å². The molecule has 2 aromatic rings. The average Bonchev–Trinajstić information content (AvgIpc) is 3.24. The van der Waals surface area contributed by atoms with E-state index in [1.54, 1.807) is 16.4 Å². The van der Waals surface area contributed by atoms with Crippen LogP contribution in [-0.2, 0) is 19.6 Å². The quantitative estimate of drug-likeness (QED) is 0.685. The fourth-order valence-electron chi connectivity index (χ4n) is 5.40. The standard InChI is InChI=1S/C24H26N2O4S/c1-16-2-4-17(5-3-16)18-6-10-22(11-7-18)31(29,30)26-19-8-9-20(26)15-21(14-19)25-23(27)12-13-24(25)28/h2-7,10-11,19-21H,8-9,12-15H2,1H3. The summed E-state index contributed by atoms with van der Waals surface area (Å²) >= 11 is 0. The third-order valence-electron chi connectivity index (χ3n) is 6.91. The summed E-state index contributed by atoms with van der Waals surface area (Å²) in [6.07, 6.45) is 3.18. The molecule has 0 aromatic heterocycles. The van der Waals surface area contributed by atoms with Gasteiger partial charge >= 0.3 is 0 Å². The first kappa shape index (κ1) is 20.4. The van der Waals surface area contributed by atoms with E-state index in [1.165, 1.54) is 10.5 Å². The molecule has 2 atom stereocenters. The SMILES string of the molecule is Cc1ccc(-c2ccc(S(=O)(=O)N3C4CCC3CC(N3C(=O)CCC3=O)C4)cc2)cc1. The maximum Gasteiger partial charge on any atom is 0.243 e. The van der Waals surface area contributed by atoms with Gasteiger partial charge in [0.15, 0.2) is 0 Å². The number of aryl methyl sites for hydroxylation is 1. The molecule has 3 saturated heterocycles. The number of benzene rings is 2. The number of carbonyl (C=O) groups excluding carboxylic acids is 2. The topological polar surface area (TPSA) is 74.8 Å². The van der Waals surface area contributed by atoms with Crippen molar-refractivity contribution in [3.8, 4) is 11.1 Å². The van der Waals surface area contributed by atoms with E-state index in [1.807, 2.05) is 43.3 Å². The molecule has 3 heterocycles. The molecular weight excluding hydrogens is 412 g/mol. The maximum atomic E-state index is 13.5. The molecule has 0 spiro atoms. The zero-order chi connectivity index (χ0) is 21.8. The van der Waals surface area contributed by atoms with Crippen LogP contribution in [0.2, 0.25) is 0 Å². The molecule has 5 rings (SSSR count). The first-order chi connectivity index (χ1) is 14.8. The predicted molar refractivity (Wildman–Crippen MR) is 117 cm³/mol. The number of fused-ring (bicyclic) bond motifs is 2. The van der Waals surface area contributed by atoms with Crippen molar-refractivity contribution in [2.45, 2.75) is 68.5 Å². The van der Waals surface area contributed by atoms with Gasteiger partial charge in [-0.2, -0.15) is 4.31 Å². The van der Waals surface area contributed by atoms with Gasteiger partial charge in [0.1, 0.15) is 0 Å². The van der Waals surface area contributed by atoms with Crippen LogP contribution < -0.4 is 0 Å². The molecule has 2 unspecified atom stereocenters. The Labute approximate surface area is 182 Å². The van der Waals surface area contributed by atoms with Crippen LogP contribution in [0.3, 0.4) is 0 Å². The number of hydrogen-bond donors (Lipinski definition) is 0. The summed E-state index contributed by atoms with van der Waals surface area (Å²) in [5, 5.41) is 0. The number of sulfonamides is 1. The lowest BCUT2D eigenvalue weighted by Crippen LogP contribution is -2.53. The lowest BCUT2D eigenvalue weighted by Gasteiger charge is -2.40. The second kappa shape index (κ2) is 7.57. The van der Waals surface area contributed by atoms with Gasteiger partial charge in [0.25, 0.3) is 0 Å². The highest BCUT2D eigenvalue weighted by Crippen LogP contribution is 2.42. The molecule has 3 aliphatic heterocycles. The number of imide groups is 1. The first-order valence-corrected chi connectivity index (χ1v) is 12.3. The molecule has 3 fully saturated rings. The summed E-state index contributed by atoms with van der Waals surface area (Å²) in [6, 6.07) is 14.7. The average molecular weight is 439 g/mol. The lowest BCUT2D eigenvalue weighted by molar-refractivity contribution is -0.142. The van der Waals surface area contributed by atoms with Crippen LogP contribution in [0.25, 0.3) is 11.1 Å². The van der Waals surface area contributed by atoms with Crippen molar-refractivity contribution in [3.63, 3.8) is 0 Å². The number of hydrogen-bond acceptors (Lipinski definition) is 4. The van der Waals surface area contributed by atoms with E-state index in [9.17, 15) is 18.0 Å². The van der Waals surface area contributed by atoms with Crippen molar-refractivity contribution in [3.05, 3.63) is 54.1 Å². The normalized spacial score (nSPS) is 26.6. The summed E-state index contributed by atoms with van der Waals surface area (Å²) in [5.41, 5.74) is 3.21. The Hall–Kier alpha value is -2.51. The molecule has 0 N–H and O–H groups in total. The molecule has 0 radical (unpaired) electrons. The van der Waals surface area contributed by atoms with Gasteiger partial charge in [-0.1, -0.05) is 42.0 Å². The minimum Gasteiger partial charge on any atom is -0.279 e. The summed E-state index contributed by atoms with van der Waals surface area (Å²) < 4.78 is 28.6. The molecule has 3 aliphatic rings. The summed E-state index contributed by atoms with van der Waals surface area (Å²) in [7, 11) is -3.63. The lowest BCUT2D eigenvalue weighted by atomic mass is 9.98. The molecule has 2 aromatic carbocycles. The van der Waals surface area contributed by atoms with Crippen molar-refractivity contribution < 1.29 is 18.0 Å². The van der Waals surface area contributed by atoms with Crippen LogP contribution in [0.5, 0.6) is 0 Å². The van der Waals surface area contributed by atoms with Gasteiger partial charge in [-0.15, -0.1) is 0 Å². The van der Waals surface area contributed by atoms with Gasteiger partial charge in [-0.05, 0) is 55.9 Å². The fourth-order valence-corrected chi connectivity index (χ4v) is 7.29. The largest absolute Gasteiger partial charge is 0.279 e. The third kappa shape index (κ3) is 3.49. The molecule has 7 heteroatoms. The highest BCUT2D eigenvalue weighted by atomic mass is 32.2. The molecular formula is C24H26N2O4S. The van der Waals surface area contributed by atoms with E-state index in [4.69, 9.17) is 0 Å². The number of piperidine rings is 1. The molecule has 2 bridgehead atoms. The van der Waals surface area contributed by atoms with Crippen molar-refractivity contribution in [2.24, 2.45) is 0 Å². The summed E-state index contributed by atoms with van der Waals surface area (Å²) in [5.74, 6) is -0.227. The Kier molecular flexibility index (Phi) is 4.98. The van der Waals surface area contributed by atoms with E-state index in [2.05, 4.69) is 0 Å². The second-order valence-corrected chi connectivity index (χ2v) is 10.7. The van der Waals surface area contributed by atoms with Gasteiger partial charge in [0, 0.05) is 31.0 Å². The molecule has 6 nitrogen and oxygen atoms in total. The number of amides is 2. The van der Waals surface area contributed by atoms with Gasteiger partial charge < -0.3 is 0 Å². The zero-order valence-electron chi connectivity index (χ0n) is 17.5. The van der Waals surface area contributed by atoms with Gasteiger partial charge in [-0.25, -0.2) is 8.42 Å². The van der Waals surface area contributed by atoms with Crippen LogP contribution >= 0.6 is 0 Å². The van der Waals surface area contributed by atoms with Crippen LogP contribution in [0.4, 0.5) is 0 Å². The van der Waals surface area contributed by atoms with Crippen LogP contribution in [0.1, 0.15) is 44.1 Å². The zero-order valence-corrected chi connectivity index (χ0v) is 18.3. The number of nitrogens with zero attached hydrogens (tertiary/aromatic N) is 2. The fraction of sp³-hybridized carbons (Fsp3) is 0.417. The van der Waals surface area contributed by atoms with E-state index in [0.29, 0.717) is 17.7 Å². The van der Waals surface area contributed by atoms with Gasteiger partial charge in [0.05, 0.1) is 4.90 Å². The number of rotatable bonds is 4. The molecule has 0 saturated carbocycles. The predicted octanol–water partition coefficient (Wildman–Crippen LogP) is 3.50. The number of carbonyl (C=O) groups is 2. The summed E-state index contributed by atoms with van der Waals surface area (Å²) in [6.45, 7) is 2.03. The van der Waals surface area contributed by atoms with Crippen LogP contribution in [0, 0.1) is 6.92 Å². The first-order valence-electron chi connectivity index (χ1n) is 10.9.